The van der Waals surface area contributed by atoms with Crippen LogP contribution < -0.4 is 5.32 Å². The lowest BCUT2D eigenvalue weighted by molar-refractivity contribution is 0.196. The van der Waals surface area contributed by atoms with E-state index in [4.69, 9.17) is 9.73 Å². The van der Waals surface area contributed by atoms with Crippen molar-refractivity contribution in [3.8, 4) is 0 Å². The van der Waals surface area contributed by atoms with Gasteiger partial charge in [0.25, 0.3) is 0 Å². The van der Waals surface area contributed by atoms with Gasteiger partial charge in [0.1, 0.15) is 12.2 Å². The molecule has 1 aliphatic heterocycles. The van der Waals surface area contributed by atoms with E-state index < -0.39 is 0 Å². The maximum atomic E-state index is 5.12. The Labute approximate surface area is 145 Å². The number of hydrogen-bond acceptors (Lipinski definition) is 4. The number of aromatic nitrogens is 3. The summed E-state index contributed by atoms with van der Waals surface area (Å²) in [6, 6.07) is 0. The molecule has 1 aromatic rings. The van der Waals surface area contributed by atoms with Gasteiger partial charge in [-0.1, -0.05) is 13.8 Å². The van der Waals surface area contributed by atoms with Crippen LogP contribution in [0.25, 0.3) is 0 Å². The number of likely N-dealkylation sites (tertiary alicyclic amines) is 1. The lowest BCUT2D eigenvalue weighted by Gasteiger charge is -2.33. The number of methoxy groups -OCH3 is 1. The van der Waals surface area contributed by atoms with E-state index >= 15 is 0 Å². The first-order chi connectivity index (χ1) is 11.7. The summed E-state index contributed by atoms with van der Waals surface area (Å²) in [6.45, 7) is 9.85. The van der Waals surface area contributed by atoms with Gasteiger partial charge in [-0.15, -0.1) is 10.2 Å². The number of guanidine groups is 1. The molecule has 24 heavy (non-hydrogen) atoms. The van der Waals surface area contributed by atoms with Gasteiger partial charge in [0.2, 0.25) is 0 Å². The second kappa shape index (κ2) is 10.3. The van der Waals surface area contributed by atoms with Crippen LogP contribution in [0.1, 0.15) is 38.9 Å². The molecule has 0 bridgehead atoms. The van der Waals surface area contributed by atoms with Crippen molar-refractivity contribution in [1.29, 1.82) is 0 Å². The largest absolute Gasteiger partial charge is 0.385 e. The van der Waals surface area contributed by atoms with Crippen molar-refractivity contribution in [2.45, 2.75) is 46.1 Å². The molecule has 2 heterocycles. The zero-order chi connectivity index (χ0) is 17.2. The first-order valence-electron chi connectivity index (χ1n) is 9.13. The molecule has 0 spiro atoms. The minimum Gasteiger partial charge on any atom is -0.385 e. The topological polar surface area (TPSA) is 67.6 Å². The van der Waals surface area contributed by atoms with E-state index in [2.05, 4.69) is 38.8 Å². The first kappa shape index (κ1) is 18.7. The van der Waals surface area contributed by atoms with E-state index in [1.165, 1.54) is 12.8 Å². The molecule has 7 nitrogen and oxygen atoms in total. The van der Waals surface area contributed by atoms with Gasteiger partial charge >= 0.3 is 0 Å². The Hall–Kier alpha value is -1.63. The molecule has 1 N–H and O–H groups in total. The molecule has 1 aliphatic rings. The van der Waals surface area contributed by atoms with E-state index in [0.717, 1.165) is 69.9 Å². The second-order valence-electron chi connectivity index (χ2n) is 6.47. The van der Waals surface area contributed by atoms with E-state index in [1.54, 1.807) is 13.4 Å². The first-order valence-corrected chi connectivity index (χ1v) is 9.13. The van der Waals surface area contributed by atoms with Crippen LogP contribution in [0.3, 0.4) is 0 Å². The fraction of sp³-hybridized carbons (Fsp3) is 0.824. The SMILES string of the molecule is CCc1nncn1CCNC(=NCCCOC)N1CCCC(C)C1. The zero-order valence-electron chi connectivity index (χ0n) is 15.4. The van der Waals surface area contributed by atoms with Crippen LogP contribution in [-0.2, 0) is 17.7 Å². The number of aryl methyl sites for hydroxylation is 1. The van der Waals surface area contributed by atoms with Crippen molar-refractivity contribution in [3.05, 3.63) is 12.2 Å². The highest BCUT2D eigenvalue weighted by atomic mass is 16.5. The Balaban J connectivity index is 1.89. The summed E-state index contributed by atoms with van der Waals surface area (Å²) in [5, 5.41) is 11.7. The molecule has 1 aromatic heterocycles. The molecule has 0 saturated carbocycles. The Morgan fingerprint density at radius 1 is 1.50 bits per heavy atom. The van der Waals surface area contributed by atoms with Crippen molar-refractivity contribution in [2.24, 2.45) is 10.9 Å². The normalized spacial score (nSPS) is 18.9. The molecule has 1 atom stereocenters. The summed E-state index contributed by atoms with van der Waals surface area (Å²) in [5.41, 5.74) is 0. The quantitative estimate of drug-likeness (QED) is 0.443. The van der Waals surface area contributed by atoms with Crippen LogP contribution in [-0.4, -0.2) is 65.5 Å². The summed E-state index contributed by atoms with van der Waals surface area (Å²) in [4.78, 5) is 7.19. The Kier molecular flexibility index (Phi) is 8.01. The van der Waals surface area contributed by atoms with Crippen molar-refractivity contribution in [3.63, 3.8) is 0 Å². The fourth-order valence-electron chi connectivity index (χ4n) is 3.07. The van der Waals surface area contributed by atoms with Crippen molar-refractivity contribution in [2.75, 3.05) is 39.9 Å². The van der Waals surface area contributed by atoms with Gasteiger partial charge in [-0.25, -0.2) is 0 Å². The Bertz CT molecular complexity index is 501. The smallest absolute Gasteiger partial charge is 0.193 e. The third kappa shape index (κ3) is 5.78. The summed E-state index contributed by atoms with van der Waals surface area (Å²) in [5.74, 6) is 2.79. The molecule has 0 radical (unpaired) electrons. The minimum absolute atomic E-state index is 0.731. The van der Waals surface area contributed by atoms with Gasteiger partial charge in [0.05, 0.1) is 0 Å². The predicted molar refractivity (Wildman–Crippen MR) is 96.2 cm³/mol. The van der Waals surface area contributed by atoms with E-state index in [0.29, 0.717) is 0 Å². The van der Waals surface area contributed by atoms with Gasteiger partial charge < -0.3 is 19.5 Å². The van der Waals surface area contributed by atoms with E-state index in [1.807, 2.05) is 0 Å². The average molecular weight is 336 g/mol. The van der Waals surface area contributed by atoms with Gasteiger partial charge in [0, 0.05) is 52.9 Å². The summed E-state index contributed by atoms with van der Waals surface area (Å²) in [6.07, 6.45) is 6.22. The standard InChI is InChI=1S/C17H32N6O/c1-4-16-21-20-14-23(16)11-9-19-17(18-8-6-12-24-3)22-10-5-7-15(2)13-22/h14-15H,4-13H2,1-3H3,(H,18,19). The zero-order valence-corrected chi connectivity index (χ0v) is 15.4. The number of hydrogen-bond donors (Lipinski definition) is 1. The molecular formula is C17H32N6O. The lowest BCUT2D eigenvalue weighted by atomic mass is 10.0. The number of nitrogens with zero attached hydrogens (tertiary/aromatic N) is 5. The molecule has 0 aliphatic carbocycles. The highest BCUT2D eigenvalue weighted by molar-refractivity contribution is 5.80. The molecule has 0 aromatic carbocycles. The molecule has 1 saturated heterocycles. The predicted octanol–water partition coefficient (Wildman–Crippen LogP) is 1.55. The molecule has 2 rings (SSSR count). The van der Waals surface area contributed by atoms with Crippen LogP contribution in [0.2, 0.25) is 0 Å². The lowest BCUT2D eigenvalue weighted by Crippen LogP contribution is -2.47. The number of piperidine rings is 1. The second-order valence-corrected chi connectivity index (χ2v) is 6.47. The number of ether oxygens (including phenoxy) is 1. The van der Waals surface area contributed by atoms with Gasteiger partial charge in [0.15, 0.2) is 5.96 Å². The van der Waals surface area contributed by atoms with Crippen molar-refractivity contribution >= 4 is 5.96 Å². The van der Waals surface area contributed by atoms with Gasteiger partial charge in [-0.2, -0.15) is 0 Å². The fourth-order valence-corrected chi connectivity index (χ4v) is 3.07. The summed E-state index contributed by atoms with van der Waals surface area (Å²) in [7, 11) is 1.74. The van der Waals surface area contributed by atoms with Crippen molar-refractivity contribution < 1.29 is 4.74 Å². The molecular weight excluding hydrogens is 304 g/mol. The Morgan fingerprint density at radius 3 is 3.12 bits per heavy atom. The summed E-state index contributed by atoms with van der Waals surface area (Å²) >= 11 is 0. The maximum Gasteiger partial charge on any atom is 0.193 e. The molecule has 1 fully saturated rings. The number of nitrogens with one attached hydrogen (secondary N) is 1. The third-order valence-corrected chi connectivity index (χ3v) is 4.37. The molecule has 7 heteroatoms. The van der Waals surface area contributed by atoms with E-state index in [9.17, 15) is 0 Å². The van der Waals surface area contributed by atoms with Crippen LogP contribution in [0.15, 0.2) is 11.3 Å². The van der Waals surface area contributed by atoms with Gasteiger partial charge in [-0.3, -0.25) is 4.99 Å². The van der Waals surface area contributed by atoms with Crippen LogP contribution in [0.5, 0.6) is 0 Å². The highest BCUT2D eigenvalue weighted by Crippen LogP contribution is 2.15. The number of aliphatic imine (C=N–C) groups is 1. The minimum atomic E-state index is 0.731. The third-order valence-electron chi connectivity index (χ3n) is 4.37. The number of rotatable bonds is 8. The maximum absolute atomic E-state index is 5.12. The monoisotopic (exact) mass is 336 g/mol. The average Bonchev–Trinajstić information content (AvgIpc) is 3.04. The molecule has 0 amide bonds. The van der Waals surface area contributed by atoms with Gasteiger partial charge in [-0.05, 0) is 25.2 Å². The highest BCUT2D eigenvalue weighted by Gasteiger charge is 2.19. The van der Waals surface area contributed by atoms with E-state index in [-0.39, 0.29) is 0 Å². The summed E-state index contributed by atoms with van der Waals surface area (Å²) < 4.78 is 7.23. The van der Waals surface area contributed by atoms with Crippen LogP contribution in [0, 0.1) is 5.92 Å². The molecule has 1 unspecified atom stereocenters. The van der Waals surface area contributed by atoms with Crippen LogP contribution in [0.4, 0.5) is 0 Å². The molecule has 136 valence electrons. The Morgan fingerprint density at radius 2 is 2.38 bits per heavy atom. The van der Waals surface area contributed by atoms with Crippen molar-refractivity contribution in [1.82, 2.24) is 25.0 Å². The van der Waals surface area contributed by atoms with Crippen LogP contribution >= 0.6 is 0 Å².